The molecule has 3 heteroatoms. The smallest absolute Gasteiger partial charge is 0.0703 e. The Labute approximate surface area is 71.8 Å². The maximum Gasteiger partial charge on any atom is 0.0703 e. The Kier molecular flexibility index (Phi) is 1.89. The van der Waals surface area contributed by atoms with Gasteiger partial charge in [0, 0.05) is 12.6 Å². The van der Waals surface area contributed by atoms with Crippen LogP contribution in [0.1, 0.15) is 31.4 Å². The Morgan fingerprint density at radius 2 is 2.25 bits per heavy atom. The highest BCUT2D eigenvalue weighted by Crippen LogP contribution is 2.31. The summed E-state index contributed by atoms with van der Waals surface area (Å²) in [5.41, 5.74) is 0.509. The van der Waals surface area contributed by atoms with Crippen molar-refractivity contribution in [2.45, 2.75) is 37.7 Å². The van der Waals surface area contributed by atoms with Gasteiger partial charge in [-0.2, -0.15) is 5.10 Å². The van der Waals surface area contributed by atoms with Gasteiger partial charge in [-0.05, 0) is 18.9 Å². The van der Waals surface area contributed by atoms with Crippen molar-refractivity contribution >= 4 is 0 Å². The number of nitrogens with zero attached hydrogens (tertiary/aromatic N) is 1. The summed E-state index contributed by atoms with van der Waals surface area (Å²) in [7, 11) is 0. The second-order valence-corrected chi connectivity index (χ2v) is 3.67. The lowest BCUT2D eigenvalue weighted by Gasteiger charge is -2.20. The molecule has 0 aliphatic heterocycles. The molecule has 0 bridgehead atoms. The van der Waals surface area contributed by atoms with E-state index in [4.69, 9.17) is 0 Å². The van der Waals surface area contributed by atoms with Crippen molar-refractivity contribution in [3.63, 3.8) is 0 Å². The molecule has 0 aromatic carbocycles. The van der Waals surface area contributed by atoms with E-state index in [-0.39, 0.29) is 0 Å². The number of aromatic nitrogens is 2. The molecule has 0 saturated heterocycles. The average molecular weight is 166 g/mol. The van der Waals surface area contributed by atoms with Crippen LogP contribution in [-0.2, 0) is 6.42 Å². The molecule has 1 aliphatic rings. The first-order valence-corrected chi connectivity index (χ1v) is 4.50. The Bertz CT molecular complexity index is 237. The van der Waals surface area contributed by atoms with Crippen LogP contribution >= 0.6 is 0 Å². The normalized spacial score (nSPS) is 21.4. The van der Waals surface area contributed by atoms with E-state index in [9.17, 15) is 5.11 Å². The van der Waals surface area contributed by atoms with E-state index in [1.54, 1.807) is 6.20 Å². The predicted molar refractivity (Wildman–Crippen MR) is 45.7 cm³/mol. The Hall–Kier alpha value is -0.830. The highest BCUT2D eigenvalue weighted by Gasteiger charge is 2.31. The van der Waals surface area contributed by atoms with Crippen molar-refractivity contribution in [1.82, 2.24) is 10.2 Å². The van der Waals surface area contributed by atoms with Crippen LogP contribution in [0.25, 0.3) is 0 Å². The maximum absolute atomic E-state index is 10.0. The van der Waals surface area contributed by atoms with Gasteiger partial charge in [-0.25, -0.2) is 0 Å². The molecule has 1 heterocycles. The zero-order chi connectivity index (χ0) is 8.44. The number of rotatable bonds is 2. The van der Waals surface area contributed by atoms with E-state index < -0.39 is 5.60 Å². The highest BCUT2D eigenvalue weighted by atomic mass is 16.3. The van der Waals surface area contributed by atoms with E-state index in [0.29, 0.717) is 6.42 Å². The van der Waals surface area contributed by atoms with Crippen LogP contribution in [0.5, 0.6) is 0 Å². The number of hydrogen-bond acceptors (Lipinski definition) is 2. The molecule has 2 rings (SSSR count). The minimum Gasteiger partial charge on any atom is -0.389 e. The number of aliphatic hydroxyl groups is 1. The fourth-order valence-corrected chi connectivity index (χ4v) is 1.94. The maximum atomic E-state index is 10.0. The van der Waals surface area contributed by atoms with Crippen LogP contribution in [0.15, 0.2) is 12.3 Å². The van der Waals surface area contributed by atoms with Crippen LogP contribution in [0.4, 0.5) is 0 Å². The van der Waals surface area contributed by atoms with Gasteiger partial charge in [0.2, 0.25) is 0 Å². The van der Waals surface area contributed by atoms with Gasteiger partial charge in [-0.15, -0.1) is 0 Å². The summed E-state index contributed by atoms with van der Waals surface area (Å²) in [5, 5.41) is 16.8. The second kappa shape index (κ2) is 2.90. The molecule has 1 aromatic rings. The van der Waals surface area contributed by atoms with Crippen molar-refractivity contribution in [3.8, 4) is 0 Å². The molecule has 66 valence electrons. The third kappa shape index (κ3) is 1.50. The van der Waals surface area contributed by atoms with Gasteiger partial charge in [0.25, 0.3) is 0 Å². The van der Waals surface area contributed by atoms with Gasteiger partial charge in [0.15, 0.2) is 0 Å². The summed E-state index contributed by atoms with van der Waals surface area (Å²) in [6.45, 7) is 0. The van der Waals surface area contributed by atoms with Crippen LogP contribution in [0.2, 0.25) is 0 Å². The Balaban J connectivity index is 2.02. The first kappa shape index (κ1) is 7.80. The van der Waals surface area contributed by atoms with E-state index >= 15 is 0 Å². The summed E-state index contributed by atoms with van der Waals surface area (Å²) in [6, 6.07) is 1.93. The SMILES string of the molecule is OC1(Cc2cc[nH]n2)CCCC1. The topological polar surface area (TPSA) is 48.9 Å². The summed E-state index contributed by atoms with van der Waals surface area (Å²) in [6.07, 6.45) is 6.67. The van der Waals surface area contributed by atoms with Gasteiger partial charge < -0.3 is 5.11 Å². The third-order valence-corrected chi connectivity index (χ3v) is 2.60. The van der Waals surface area contributed by atoms with Crippen molar-refractivity contribution in [2.24, 2.45) is 0 Å². The first-order valence-electron chi connectivity index (χ1n) is 4.50. The number of H-pyrrole nitrogens is 1. The minimum absolute atomic E-state index is 0.463. The highest BCUT2D eigenvalue weighted by molar-refractivity contribution is 5.04. The predicted octanol–water partition coefficient (Wildman–Crippen LogP) is 1.26. The molecule has 1 saturated carbocycles. The molecular formula is C9H14N2O. The number of nitrogens with one attached hydrogen (secondary N) is 1. The molecule has 0 atom stereocenters. The van der Waals surface area contributed by atoms with Crippen LogP contribution in [0.3, 0.4) is 0 Å². The fourth-order valence-electron chi connectivity index (χ4n) is 1.94. The molecule has 0 spiro atoms. The largest absolute Gasteiger partial charge is 0.389 e. The van der Waals surface area contributed by atoms with E-state index in [1.807, 2.05) is 6.07 Å². The summed E-state index contributed by atoms with van der Waals surface area (Å²) in [5.74, 6) is 0. The van der Waals surface area contributed by atoms with Gasteiger partial charge in [0.05, 0.1) is 11.3 Å². The first-order chi connectivity index (χ1) is 5.79. The van der Waals surface area contributed by atoms with Gasteiger partial charge in [-0.1, -0.05) is 12.8 Å². The molecular weight excluding hydrogens is 152 g/mol. The van der Waals surface area contributed by atoms with E-state index in [0.717, 1.165) is 31.4 Å². The van der Waals surface area contributed by atoms with Crippen molar-refractivity contribution < 1.29 is 5.11 Å². The molecule has 1 fully saturated rings. The zero-order valence-corrected chi connectivity index (χ0v) is 7.08. The van der Waals surface area contributed by atoms with Crippen molar-refractivity contribution in [1.29, 1.82) is 0 Å². The summed E-state index contributed by atoms with van der Waals surface area (Å²) < 4.78 is 0. The Morgan fingerprint density at radius 1 is 1.50 bits per heavy atom. The quantitative estimate of drug-likeness (QED) is 0.694. The third-order valence-electron chi connectivity index (χ3n) is 2.60. The molecule has 0 amide bonds. The number of aromatic amines is 1. The van der Waals surface area contributed by atoms with Gasteiger partial charge in [0.1, 0.15) is 0 Å². The average Bonchev–Trinajstić information content (AvgIpc) is 2.62. The van der Waals surface area contributed by atoms with Crippen molar-refractivity contribution in [2.75, 3.05) is 0 Å². The monoisotopic (exact) mass is 166 g/mol. The van der Waals surface area contributed by atoms with Crippen LogP contribution in [-0.4, -0.2) is 20.9 Å². The van der Waals surface area contributed by atoms with Crippen LogP contribution in [0, 0.1) is 0 Å². The molecule has 2 N–H and O–H groups in total. The van der Waals surface area contributed by atoms with Crippen LogP contribution < -0.4 is 0 Å². The second-order valence-electron chi connectivity index (χ2n) is 3.67. The Morgan fingerprint density at radius 3 is 2.83 bits per heavy atom. The van der Waals surface area contributed by atoms with E-state index in [2.05, 4.69) is 10.2 Å². The number of hydrogen-bond donors (Lipinski definition) is 2. The molecule has 1 aliphatic carbocycles. The lowest BCUT2D eigenvalue weighted by Crippen LogP contribution is -2.27. The van der Waals surface area contributed by atoms with Crippen molar-refractivity contribution in [3.05, 3.63) is 18.0 Å². The lowest BCUT2D eigenvalue weighted by atomic mass is 9.96. The molecule has 12 heavy (non-hydrogen) atoms. The summed E-state index contributed by atoms with van der Waals surface area (Å²) >= 11 is 0. The molecule has 1 aromatic heterocycles. The lowest BCUT2D eigenvalue weighted by molar-refractivity contribution is 0.0472. The standard InChI is InChI=1S/C9H14N2O/c12-9(4-1-2-5-9)7-8-3-6-10-11-8/h3,6,12H,1-2,4-5,7H2,(H,10,11). The molecule has 3 nitrogen and oxygen atoms in total. The molecule has 0 unspecified atom stereocenters. The minimum atomic E-state index is -0.463. The van der Waals surface area contributed by atoms with Gasteiger partial charge in [-0.3, -0.25) is 5.10 Å². The van der Waals surface area contributed by atoms with E-state index in [1.165, 1.54) is 0 Å². The summed E-state index contributed by atoms with van der Waals surface area (Å²) in [4.78, 5) is 0. The van der Waals surface area contributed by atoms with Gasteiger partial charge >= 0.3 is 0 Å². The fraction of sp³-hybridized carbons (Fsp3) is 0.667. The molecule has 0 radical (unpaired) electrons. The zero-order valence-electron chi connectivity index (χ0n) is 7.08.